The van der Waals surface area contributed by atoms with E-state index in [1.165, 1.54) is 13.0 Å². The third-order valence-corrected chi connectivity index (χ3v) is 3.21. The smallest absolute Gasteiger partial charge is 0.223 e. The zero-order chi connectivity index (χ0) is 17.6. The van der Waals surface area contributed by atoms with Gasteiger partial charge in [0.05, 0.1) is 6.07 Å². The van der Waals surface area contributed by atoms with E-state index in [0.717, 1.165) is 12.1 Å². The first-order chi connectivity index (χ1) is 11.4. The fourth-order valence-corrected chi connectivity index (χ4v) is 1.91. The first-order valence-corrected chi connectivity index (χ1v) is 7.19. The van der Waals surface area contributed by atoms with E-state index < -0.39 is 17.2 Å². The van der Waals surface area contributed by atoms with Crippen molar-refractivity contribution in [1.29, 1.82) is 5.26 Å². The van der Waals surface area contributed by atoms with Crippen molar-refractivity contribution in [3.8, 4) is 11.8 Å². The van der Waals surface area contributed by atoms with Crippen LogP contribution >= 0.6 is 0 Å². The first kappa shape index (κ1) is 17.4. The number of ether oxygens (including phenoxy) is 1. The minimum atomic E-state index is -1.30. The lowest BCUT2D eigenvalue weighted by molar-refractivity contribution is -0.122. The van der Waals surface area contributed by atoms with Crippen LogP contribution in [0.2, 0.25) is 0 Å². The summed E-state index contributed by atoms with van der Waals surface area (Å²) in [6.45, 7) is 1.66. The van der Waals surface area contributed by atoms with E-state index in [-0.39, 0.29) is 24.7 Å². The zero-order valence-corrected chi connectivity index (χ0v) is 13.0. The largest absolute Gasteiger partial charge is 0.490 e. The lowest BCUT2D eigenvalue weighted by Gasteiger charge is -2.23. The third-order valence-electron chi connectivity index (χ3n) is 3.21. The molecule has 0 spiro atoms. The maximum absolute atomic E-state index is 13.1. The first-order valence-electron chi connectivity index (χ1n) is 7.19. The summed E-state index contributed by atoms with van der Waals surface area (Å²) >= 11 is 0. The van der Waals surface area contributed by atoms with Gasteiger partial charge in [0.15, 0.2) is 17.2 Å². The van der Waals surface area contributed by atoms with E-state index in [0.29, 0.717) is 6.54 Å². The average molecular weight is 334 g/mol. The Balaban J connectivity index is 1.88. The van der Waals surface area contributed by atoms with Crippen molar-refractivity contribution in [2.75, 3.05) is 6.61 Å². The van der Waals surface area contributed by atoms with E-state index in [9.17, 15) is 18.8 Å². The number of rotatable bonds is 7. The van der Waals surface area contributed by atoms with Crippen LogP contribution in [0.4, 0.5) is 8.78 Å². The van der Waals surface area contributed by atoms with Crippen molar-refractivity contribution in [3.05, 3.63) is 48.3 Å². The highest BCUT2D eigenvalue weighted by atomic mass is 19.2. The molecular formula is C16H16F2N4O2. The van der Waals surface area contributed by atoms with Crippen LogP contribution < -0.4 is 10.1 Å². The molecule has 6 nitrogen and oxygen atoms in total. The number of amides is 1. The van der Waals surface area contributed by atoms with Crippen LogP contribution in [0.25, 0.3) is 0 Å². The predicted octanol–water partition coefficient (Wildman–Crippen LogP) is 2.03. The Morgan fingerprint density at radius 3 is 2.88 bits per heavy atom. The molecule has 0 aliphatic carbocycles. The minimum absolute atomic E-state index is 0.0705. The Bertz CT molecular complexity index is 743. The molecule has 126 valence electrons. The molecule has 2 rings (SSSR count). The van der Waals surface area contributed by atoms with Gasteiger partial charge < -0.3 is 10.1 Å². The normalized spacial score (nSPS) is 12.9. The standard InChI is InChI=1S/C16H16F2N4O2/c1-16(10-19,11-24-12-3-4-13(17)14(18)9-12)21-15(23)5-8-22-7-2-6-20-22/h2-4,6-7,9H,5,8,11H2,1H3,(H,21,23)/t16-/m0/s1. The number of hydrogen-bond donors (Lipinski definition) is 1. The molecule has 2 aromatic rings. The van der Waals surface area contributed by atoms with Gasteiger partial charge in [-0.2, -0.15) is 10.4 Å². The van der Waals surface area contributed by atoms with Gasteiger partial charge in [0.1, 0.15) is 12.4 Å². The monoisotopic (exact) mass is 334 g/mol. The Hall–Kier alpha value is -2.95. The fraction of sp³-hybridized carbons (Fsp3) is 0.312. The highest BCUT2D eigenvalue weighted by molar-refractivity contribution is 5.77. The quantitative estimate of drug-likeness (QED) is 0.840. The molecule has 24 heavy (non-hydrogen) atoms. The van der Waals surface area contributed by atoms with Crippen molar-refractivity contribution in [1.82, 2.24) is 15.1 Å². The Morgan fingerprint density at radius 1 is 1.46 bits per heavy atom. The Morgan fingerprint density at radius 2 is 2.25 bits per heavy atom. The van der Waals surface area contributed by atoms with Crippen LogP contribution in [0.5, 0.6) is 5.75 Å². The molecule has 0 radical (unpaired) electrons. The molecular weight excluding hydrogens is 318 g/mol. The molecule has 0 saturated heterocycles. The van der Waals surface area contributed by atoms with Gasteiger partial charge in [-0.05, 0) is 25.1 Å². The fourth-order valence-electron chi connectivity index (χ4n) is 1.91. The topological polar surface area (TPSA) is 79.9 Å². The van der Waals surface area contributed by atoms with Crippen LogP contribution in [0.15, 0.2) is 36.7 Å². The van der Waals surface area contributed by atoms with Crippen LogP contribution in [-0.2, 0) is 11.3 Å². The Kier molecular flexibility index (Phi) is 5.47. The zero-order valence-electron chi connectivity index (χ0n) is 13.0. The van der Waals surface area contributed by atoms with Gasteiger partial charge in [-0.1, -0.05) is 0 Å². The summed E-state index contributed by atoms with van der Waals surface area (Å²) in [7, 11) is 0. The molecule has 1 heterocycles. The number of carbonyl (C=O) groups excluding carboxylic acids is 1. The second-order valence-electron chi connectivity index (χ2n) is 5.38. The molecule has 8 heteroatoms. The van der Waals surface area contributed by atoms with E-state index >= 15 is 0 Å². The number of carbonyl (C=O) groups is 1. The minimum Gasteiger partial charge on any atom is -0.490 e. The van der Waals surface area contributed by atoms with Crippen molar-refractivity contribution >= 4 is 5.91 Å². The van der Waals surface area contributed by atoms with Crippen molar-refractivity contribution < 1.29 is 18.3 Å². The summed E-state index contributed by atoms with van der Waals surface area (Å²) < 4.78 is 32.9. The number of nitrogens with one attached hydrogen (secondary N) is 1. The number of benzene rings is 1. The molecule has 1 aromatic carbocycles. The summed E-state index contributed by atoms with van der Waals surface area (Å²) in [5.41, 5.74) is -1.30. The molecule has 0 bridgehead atoms. The average Bonchev–Trinajstić information content (AvgIpc) is 3.08. The van der Waals surface area contributed by atoms with Crippen LogP contribution in [0.3, 0.4) is 0 Å². The summed E-state index contributed by atoms with van der Waals surface area (Å²) in [6, 6.07) is 6.75. The van der Waals surface area contributed by atoms with Crippen LogP contribution in [0, 0.1) is 23.0 Å². The van der Waals surface area contributed by atoms with Crippen molar-refractivity contribution in [2.24, 2.45) is 0 Å². The van der Waals surface area contributed by atoms with Crippen molar-refractivity contribution in [3.63, 3.8) is 0 Å². The SMILES string of the molecule is C[C@](C#N)(COc1ccc(F)c(F)c1)NC(=O)CCn1cccn1. The lowest BCUT2D eigenvalue weighted by atomic mass is 10.1. The number of aromatic nitrogens is 2. The van der Waals surface area contributed by atoms with Gasteiger partial charge in [0.25, 0.3) is 0 Å². The van der Waals surface area contributed by atoms with Gasteiger partial charge >= 0.3 is 0 Å². The molecule has 0 aliphatic heterocycles. The van der Waals surface area contributed by atoms with E-state index in [4.69, 9.17) is 4.74 Å². The molecule has 1 atom stereocenters. The van der Waals surface area contributed by atoms with Gasteiger partial charge in [-0.3, -0.25) is 9.48 Å². The Labute approximate surface area is 137 Å². The van der Waals surface area contributed by atoms with Crippen LogP contribution in [0.1, 0.15) is 13.3 Å². The van der Waals surface area contributed by atoms with E-state index in [1.807, 2.05) is 6.07 Å². The molecule has 0 fully saturated rings. The summed E-state index contributed by atoms with van der Waals surface area (Å²) in [5, 5.41) is 15.8. The maximum Gasteiger partial charge on any atom is 0.223 e. The highest BCUT2D eigenvalue weighted by Crippen LogP contribution is 2.17. The number of nitriles is 1. The molecule has 1 aromatic heterocycles. The molecule has 0 unspecified atom stereocenters. The number of hydrogen-bond acceptors (Lipinski definition) is 4. The van der Waals surface area contributed by atoms with Gasteiger partial charge in [-0.15, -0.1) is 0 Å². The number of aryl methyl sites for hydroxylation is 1. The van der Waals surface area contributed by atoms with Gasteiger partial charge in [-0.25, -0.2) is 8.78 Å². The summed E-state index contributed by atoms with van der Waals surface area (Å²) in [5.74, 6) is -2.31. The molecule has 0 aliphatic rings. The maximum atomic E-state index is 13.1. The second-order valence-corrected chi connectivity index (χ2v) is 5.38. The van der Waals surface area contributed by atoms with Crippen molar-refractivity contribution in [2.45, 2.75) is 25.4 Å². The predicted molar refractivity (Wildman–Crippen MR) is 80.9 cm³/mol. The summed E-state index contributed by atoms with van der Waals surface area (Å²) in [6.07, 6.45) is 3.47. The van der Waals surface area contributed by atoms with Gasteiger partial charge in [0.2, 0.25) is 5.91 Å². The molecule has 1 amide bonds. The highest BCUT2D eigenvalue weighted by Gasteiger charge is 2.27. The number of halogens is 2. The van der Waals surface area contributed by atoms with Gasteiger partial charge in [0, 0.05) is 31.4 Å². The second kappa shape index (κ2) is 7.55. The van der Waals surface area contributed by atoms with E-state index in [1.54, 1.807) is 23.1 Å². The van der Waals surface area contributed by atoms with E-state index in [2.05, 4.69) is 10.4 Å². The third kappa shape index (κ3) is 4.78. The van der Waals surface area contributed by atoms with Crippen LogP contribution in [-0.4, -0.2) is 27.8 Å². The molecule has 0 saturated carbocycles. The molecule has 1 N–H and O–H groups in total. The summed E-state index contributed by atoms with van der Waals surface area (Å²) in [4.78, 5) is 12.0. The number of nitrogens with zero attached hydrogens (tertiary/aromatic N) is 3. The lowest BCUT2D eigenvalue weighted by Crippen LogP contribution is -2.49.